The first-order chi connectivity index (χ1) is 19.0. The first-order valence-corrected chi connectivity index (χ1v) is 13.7. The zero-order valence-electron chi connectivity index (χ0n) is 23.2. The van der Waals surface area contributed by atoms with Crippen molar-refractivity contribution in [3.05, 3.63) is 41.3 Å². The maximum absolute atomic E-state index is 13.6. The van der Waals surface area contributed by atoms with Crippen LogP contribution in [0, 0.1) is 12.8 Å². The van der Waals surface area contributed by atoms with E-state index in [1.807, 2.05) is 20.8 Å². The second-order valence-corrected chi connectivity index (χ2v) is 11.6. The first kappa shape index (κ1) is 27.8. The number of alkyl halides is 2. The lowest BCUT2D eigenvalue weighted by Gasteiger charge is -2.33. The van der Waals surface area contributed by atoms with Gasteiger partial charge in [0.25, 0.3) is 12.3 Å². The Morgan fingerprint density at radius 2 is 1.88 bits per heavy atom. The van der Waals surface area contributed by atoms with Gasteiger partial charge in [-0.25, -0.2) is 23.5 Å². The topological polar surface area (TPSA) is 109 Å². The van der Waals surface area contributed by atoms with Crippen LogP contribution in [0.1, 0.15) is 74.5 Å². The molecule has 0 radical (unpaired) electrons. The van der Waals surface area contributed by atoms with Gasteiger partial charge in [-0.2, -0.15) is 0 Å². The summed E-state index contributed by atoms with van der Waals surface area (Å²) >= 11 is 0. The largest absolute Gasteiger partial charge is 0.493 e. The van der Waals surface area contributed by atoms with Crippen molar-refractivity contribution in [3.8, 4) is 17.0 Å². The Hall–Kier alpha value is -3.76. The molecular weight excluding hydrogens is 520 g/mol. The van der Waals surface area contributed by atoms with Crippen LogP contribution in [0.2, 0.25) is 0 Å². The second kappa shape index (κ2) is 11.0. The Bertz CT molecular complexity index is 1410. The smallest absolute Gasteiger partial charge is 0.410 e. The average Bonchev–Trinajstić information content (AvgIpc) is 3.66. The standard InChI is InChI=1S/C29H35F2N5O4/c1-16-22(27(37)35-19-9-11-36(12-10-19)28(38)40-29(2,3)4)24-25(34-16)23(32-15-33-24)20-13-18(26(30)31)7-8-21(20)39-14-17-5-6-17/h7-8,13,15,17,19,26,34H,5-6,9-12,14H2,1-4H3,(H,35,37). The van der Waals surface area contributed by atoms with Gasteiger partial charge in [0.2, 0.25) is 0 Å². The highest BCUT2D eigenvalue weighted by molar-refractivity contribution is 6.09. The molecule has 2 N–H and O–H groups in total. The number of fused-ring (bicyclic) bond motifs is 1. The minimum atomic E-state index is -2.65. The van der Waals surface area contributed by atoms with Crippen LogP contribution in [0.25, 0.3) is 22.3 Å². The molecule has 1 saturated heterocycles. The van der Waals surface area contributed by atoms with E-state index in [1.165, 1.54) is 18.5 Å². The monoisotopic (exact) mass is 555 g/mol. The van der Waals surface area contributed by atoms with Crippen molar-refractivity contribution in [3.63, 3.8) is 0 Å². The normalized spacial score (nSPS) is 16.4. The van der Waals surface area contributed by atoms with Crippen LogP contribution >= 0.6 is 0 Å². The minimum absolute atomic E-state index is 0.123. The molecule has 11 heteroatoms. The molecule has 3 heterocycles. The molecule has 214 valence electrons. The molecule has 2 aliphatic rings. The van der Waals surface area contributed by atoms with Gasteiger partial charge in [0.1, 0.15) is 28.9 Å². The lowest BCUT2D eigenvalue weighted by molar-refractivity contribution is 0.0199. The summed E-state index contributed by atoms with van der Waals surface area (Å²) in [7, 11) is 0. The number of hydrogen-bond donors (Lipinski definition) is 2. The van der Waals surface area contributed by atoms with Gasteiger partial charge in [-0.3, -0.25) is 4.79 Å². The van der Waals surface area contributed by atoms with Crippen LogP contribution in [0.5, 0.6) is 5.75 Å². The molecule has 0 spiro atoms. The molecule has 2 aromatic heterocycles. The number of amides is 2. The molecule has 1 saturated carbocycles. The number of halogens is 2. The van der Waals surface area contributed by atoms with Gasteiger partial charge in [0, 0.05) is 36.0 Å². The van der Waals surface area contributed by atoms with Crippen LogP contribution in [0.3, 0.4) is 0 Å². The third-order valence-electron chi connectivity index (χ3n) is 7.16. The van der Waals surface area contributed by atoms with E-state index in [4.69, 9.17) is 9.47 Å². The highest BCUT2D eigenvalue weighted by Crippen LogP contribution is 2.38. The summed E-state index contributed by atoms with van der Waals surface area (Å²) in [6.45, 7) is 8.72. The van der Waals surface area contributed by atoms with Crippen molar-refractivity contribution in [1.29, 1.82) is 0 Å². The number of carbonyl (C=O) groups is 2. The number of likely N-dealkylation sites (tertiary alicyclic amines) is 1. The van der Waals surface area contributed by atoms with Crippen molar-refractivity contribution >= 4 is 23.0 Å². The SMILES string of the molecule is Cc1[nH]c2c(-c3cc(C(F)F)ccc3OCC3CC3)ncnc2c1C(=O)NC1CCN(C(=O)OC(C)(C)C)CC1. The van der Waals surface area contributed by atoms with Crippen molar-refractivity contribution in [2.24, 2.45) is 5.92 Å². The van der Waals surface area contributed by atoms with Gasteiger partial charge in [-0.05, 0) is 77.5 Å². The van der Waals surface area contributed by atoms with Gasteiger partial charge in [0.15, 0.2) is 0 Å². The predicted octanol–water partition coefficient (Wildman–Crippen LogP) is 5.79. The number of aryl methyl sites for hydroxylation is 1. The summed E-state index contributed by atoms with van der Waals surface area (Å²) in [6.07, 6.45) is 1.70. The van der Waals surface area contributed by atoms with Gasteiger partial charge in [0.05, 0.1) is 17.7 Å². The number of benzene rings is 1. The number of nitrogens with one attached hydrogen (secondary N) is 2. The summed E-state index contributed by atoms with van der Waals surface area (Å²) in [5, 5.41) is 3.07. The van der Waals surface area contributed by atoms with Crippen molar-refractivity contribution in [2.45, 2.75) is 71.4 Å². The number of nitrogens with zero attached hydrogens (tertiary/aromatic N) is 3. The molecule has 0 unspecified atom stereocenters. The van der Waals surface area contributed by atoms with Crippen LogP contribution in [0.4, 0.5) is 13.6 Å². The number of rotatable bonds is 7. The van der Waals surface area contributed by atoms with Gasteiger partial charge in [-0.15, -0.1) is 0 Å². The Balaban J connectivity index is 1.37. The first-order valence-electron chi connectivity index (χ1n) is 13.7. The van der Waals surface area contributed by atoms with Crippen LogP contribution < -0.4 is 10.1 Å². The van der Waals surface area contributed by atoms with Crippen LogP contribution in [-0.4, -0.2) is 63.2 Å². The molecule has 9 nitrogen and oxygen atoms in total. The predicted molar refractivity (Wildman–Crippen MR) is 146 cm³/mol. The zero-order chi connectivity index (χ0) is 28.6. The van der Waals surface area contributed by atoms with Crippen molar-refractivity contribution in [2.75, 3.05) is 19.7 Å². The van der Waals surface area contributed by atoms with Gasteiger partial charge >= 0.3 is 6.09 Å². The molecule has 0 bridgehead atoms. The van der Waals surface area contributed by atoms with E-state index >= 15 is 0 Å². The number of carbonyl (C=O) groups excluding carboxylic acids is 2. The van der Waals surface area contributed by atoms with Crippen LogP contribution in [-0.2, 0) is 4.74 Å². The molecule has 1 aliphatic carbocycles. The zero-order valence-corrected chi connectivity index (χ0v) is 23.2. The number of piperidine rings is 1. The minimum Gasteiger partial charge on any atom is -0.493 e. The Labute approximate surface area is 231 Å². The summed E-state index contributed by atoms with van der Waals surface area (Å²) in [4.78, 5) is 39.5. The third kappa shape index (κ3) is 6.18. The fraction of sp³-hybridized carbons (Fsp3) is 0.517. The molecule has 2 fully saturated rings. The maximum Gasteiger partial charge on any atom is 0.410 e. The quantitative estimate of drug-likeness (QED) is 0.382. The molecule has 0 atom stereocenters. The number of H-pyrrole nitrogens is 1. The Kier molecular flexibility index (Phi) is 7.65. The molecular formula is C29H35F2N5O4. The van der Waals surface area contributed by atoms with Crippen molar-refractivity contribution < 1.29 is 27.8 Å². The number of aromatic amines is 1. The van der Waals surface area contributed by atoms with E-state index in [0.717, 1.165) is 12.8 Å². The molecule has 3 aromatic rings. The van der Waals surface area contributed by atoms with E-state index in [0.29, 0.717) is 77.8 Å². The van der Waals surface area contributed by atoms with E-state index in [-0.39, 0.29) is 23.6 Å². The van der Waals surface area contributed by atoms with E-state index < -0.39 is 12.0 Å². The van der Waals surface area contributed by atoms with Gasteiger partial charge in [-0.1, -0.05) is 0 Å². The fourth-order valence-corrected chi connectivity index (χ4v) is 4.88. The molecule has 40 heavy (non-hydrogen) atoms. The summed E-state index contributed by atoms with van der Waals surface area (Å²) < 4.78 is 38.7. The van der Waals surface area contributed by atoms with Crippen molar-refractivity contribution in [1.82, 2.24) is 25.2 Å². The van der Waals surface area contributed by atoms with Gasteiger partial charge < -0.3 is 24.7 Å². The number of hydrogen-bond acceptors (Lipinski definition) is 6. The Morgan fingerprint density at radius 3 is 2.52 bits per heavy atom. The summed E-state index contributed by atoms with van der Waals surface area (Å²) in [5.41, 5.74) is 1.96. The lowest BCUT2D eigenvalue weighted by Crippen LogP contribution is -2.47. The molecule has 2 amide bonds. The van der Waals surface area contributed by atoms with Crippen LogP contribution in [0.15, 0.2) is 24.5 Å². The maximum atomic E-state index is 13.6. The Morgan fingerprint density at radius 1 is 1.15 bits per heavy atom. The highest BCUT2D eigenvalue weighted by atomic mass is 19.3. The molecule has 1 aliphatic heterocycles. The lowest BCUT2D eigenvalue weighted by atomic mass is 10.0. The second-order valence-electron chi connectivity index (χ2n) is 11.6. The van der Waals surface area contributed by atoms with E-state index in [2.05, 4.69) is 20.3 Å². The number of aromatic nitrogens is 3. The third-order valence-corrected chi connectivity index (χ3v) is 7.16. The average molecular weight is 556 g/mol. The fourth-order valence-electron chi connectivity index (χ4n) is 4.88. The van der Waals surface area contributed by atoms with E-state index in [9.17, 15) is 18.4 Å². The number of ether oxygens (including phenoxy) is 2. The summed E-state index contributed by atoms with van der Waals surface area (Å²) in [5.74, 6) is 0.647. The summed E-state index contributed by atoms with van der Waals surface area (Å²) in [6, 6.07) is 4.19. The molecule has 5 rings (SSSR count). The molecule has 1 aromatic carbocycles. The highest BCUT2D eigenvalue weighted by Gasteiger charge is 2.30. The van der Waals surface area contributed by atoms with E-state index in [1.54, 1.807) is 17.9 Å².